The number of carbonyl (C=O) groups excluding carboxylic acids is 1. The smallest absolute Gasteiger partial charge is 0.253 e. The minimum absolute atomic E-state index is 0.229. The van der Waals surface area contributed by atoms with E-state index in [1.54, 1.807) is 6.07 Å². The lowest BCUT2D eigenvalue weighted by Gasteiger charge is -2.08. The minimum Gasteiger partial charge on any atom is -0.383 e. The van der Waals surface area contributed by atoms with Gasteiger partial charge in [-0.05, 0) is 12.3 Å². The highest BCUT2D eigenvalue weighted by Gasteiger charge is 2.13. The Hall–Kier alpha value is -2.89. The minimum atomic E-state index is -0.229. The molecule has 6 nitrogen and oxygen atoms in total. The fourth-order valence-corrected chi connectivity index (χ4v) is 2.16. The van der Waals surface area contributed by atoms with Crippen LogP contribution in [-0.4, -0.2) is 16.0 Å². The van der Waals surface area contributed by atoms with Gasteiger partial charge in [0.2, 0.25) is 0 Å². The fourth-order valence-electron chi connectivity index (χ4n) is 2.16. The highest BCUT2D eigenvalue weighted by molar-refractivity contribution is 6.08. The number of rotatable bonds is 3. The second kappa shape index (κ2) is 5.24. The number of anilines is 1. The predicted molar refractivity (Wildman–Crippen MR) is 78.6 cm³/mol. The molecule has 0 unspecified atom stereocenters. The van der Waals surface area contributed by atoms with Gasteiger partial charge in [0, 0.05) is 17.6 Å². The number of hydrogen-bond acceptors (Lipinski definition) is 5. The number of nitrogens with two attached hydrogens (primary N) is 1. The lowest BCUT2D eigenvalue weighted by Crippen LogP contribution is -2.23. The Morgan fingerprint density at radius 3 is 2.81 bits per heavy atom. The van der Waals surface area contributed by atoms with Crippen molar-refractivity contribution in [2.75, 3.05) is 5.73 Å². The van der Waals surface area contributed by atoms with E-state index in [9.17, 15) is 4.79 Å². The lowest BCUT2D eigenvalue weighted by atomic mass is 10.1. The zero-order chi connectivity index (χ0) is 14.8. The van der Waals surface area contributed by atoms with E-state index >= 15 is 0 Å². The number of pyridine rings is 1. The standard InChI is InChI=1S/C15H14N4O2/c1-9-6-10(21-19-9)7-18-15(20)13-8-17-14(16)12-5-3-2-4-11(12)13/h2-6,8H,7H2,1H3,(H2,16,17)(H,18,20). The summed E-state index contributed by atoms with van der Waals surface area (Å²) in [7, 11) is 0. The summed E-state index contributed by atoms with van der Waals surface area (Å²) in [6, 6.07) is 9.19. The SMILES string of the molecule is Cc1cc(CNC(=O)c2cnc(N)c3ccccc23)on1. The van der Waals surface area contributed by atoms with Gasteiger partial charge >= 0.3 is 0 Å². The van der Waals surface area contributed by atoms with Gasteiger partial charge in [0.15, 0.2) is 5.76 Å². The molecule has 3 aromatic rings. The molecule has 1 amide bonds. The topological polar surface area (TPSA) is 94.0 Å². The van der Waals surface area contributed by atoms with Crippen molar-refractivity contribution >= 4 is 22.5 Å². The molecule has 3 rings (SSSR count). The van der Waals surface area contributed by atoms with Gasteiger partial charge in [0.1, 0.15) is 5.82 Å². The molecule has 0 radical (unpaired) electrons. The molecule has 0 bridgehead atoms. The summed E-state index contributed by atoms with van der Waals surface area (Å²) in [5.74, 6) is 0.786. The average molecular weight is 282 g/mol. The van der Waals surface area contributed by atoms with E-state index in [-0.39, 0.29) is 12.5 Å². The van der Waals surface area contributed by atoms with Crippen LogP contribution in [0.25, 0.3) is 10.8 Å². The number of aromatic nitrogens is 2. The average Bonchev–Trinajstić information content (AvgIpc) is 2.91. The molecular formula is C15H14N4O2. The Bertz CT molecular complexity index is 810. The molecule has 3 N–H and O–H groups in total. The summed E-state index contributed by atoms with van der Waals surface area (Å²) in [6.07, 6.45) is 1.48. The van der Waals surface area contributed by atoms with Crippen LogP contribution in [0.4, 0.5) is 5.82 Å². The van der Waals surface area contributed by atoms with Gasteiger partial charge in [0.05, 0.1) is 17.8 Å². The maximum Gasteiger partial charge on any atom is 0.253 e. The molecule has 21 heavy (non-hydrogen) atoms. The van der Waals surface area contributed by atoms with E-state index in [0.29, 0.717) is 17.1 Å². The van der Waals surface area contributed by atoms with Crippen LogP contribution >= 0.6 is 0 Å². The van der Waals surface area contributed by atoms with E-state index in [2.05, 4.69) is 15.5 Å². The molecule has 0 aliphatic rings. The Balaban J connectivity index is 1.86. The van der Waals surface area contributed by atoms with Crippen molar-refractivity contribution in [3.8, 4) is 0 Å². The number of aryl methyl sites for hydroxylation is 1. The fraction of sp³-hybridized carbons (Fsp3) is 0.133. The van der Waals surface area contributed by atoms with Gasteiger partial charge in [-0.1, -0.05) is 29.4 Å². The van der Waals surface area contributed by atoms with Gasteiger partial charge in [0.25, 0.3) is 5.91 Å². The highest BCUT2D eigenvalue weighted by Crippen LogP contribution is 2.22. The number of amides is 1. The molecule has 0 spiro atoms. The van der Waals surface area contributed by atoms with Gasteiger partial charge in [-0.3, -0.25) is 4.79 Å². The van der Waals surface area contributed by atoms with Gasteiger partial charge in [-0.15, -0.1) is 0 Å². The molecule has 0 fully saturated rings. The van der Waals surface area contributed by atoms with Crippen molar-refractivity contribution in [3.05, 3.63) is 53.5 Å². The molecule has 106 valence electrons. The third kappa shape index (κ3) is 2.55. The summed E-state index contributed by atoms with van der Waals surface area (Å²) < 4.78 is 5.06. The van der Waals surface area contributed by atoms with Crippen LogP contribution in [-0.2, 0) is 6.54 Å². The monoisotopic (exact) mass is 282 g/mol. The third-order valence-corrected chi connectivity index (χ3v) is 3.17. The number of hydrogen-bond donors (Lipinski definition) is 2. The van der Waals surface area contributed by atoms with Gasteiger partial charge < -0.3 is 15.6 Å². The Labute approximate surface area is 121 Å². The number of benzene rings is 1. The number of nitrogens with one attached hydrogen (secondary N) is 1. The second-order valence-corrected chi connectivity index (χ2v) is 4.72. The van der Waals surface area contributed by atoms with E-state index < -0.39 is 0 Å². The van der Waals surface area contributed by atoms with E-state index in [1.165, 1.54) is 6.20 Å². The first-order chi connectivity index (χ1) is 10.1. The zero-order valence-electron chi connectivity index (χ0n) is 11.5. The molecule has 2 heterocycles. The van der Waals surface area contributed by atoms with Crippen molar-refractivity contribution in [1.82, 2.24) is 15.5 Å². The lowest BCUT2D eigenvalue weighted by molar-refractivity contribution is 0.0948. The summed E-state index contributed by atoms with van der Waals surface area (Å²) >= 11 is 0. The van der Waals surface area contributed by atoms with E-state index in [4.69, 9.17) is 10.3 Å². The van der Waals surface area contributed by atoms with Crippen molar-refractivity contribution in [3.63, 3.8) is 0 Å². The van der Waals surface area contributed by atoms with Crippen molar-refractivity contribution in [2.24, 2.45) is 0 Å². The van der Waals surface area contributed by atoms with Crippen LogP contribution in [0.2, 0.25) is 0 Å². The molecule has 1 aromatic carbocycles. The maximum atomic E-state index is 12.3. The highest BCUT2D eigenvalue weighted by atomic mass is 16.5. The molecule has 2 aromatic heterocycles. The first kappa shape index (κ1) is 13.1. The van der Waals surface area contributed by atoms with Crippen LogP contribution < -0.4 is 11.1 Å². The Morgan fingerprint density at radius 1 is 1.33 bits per heavy atom. The Morgan fingerprint density at radius 2 is 2.10 bits per heavy atom. The molecule has 0 saturated carbocycles. The first-order valence-electron chi connectivity index (χ1n) is 6.49. The third-order valence-electron chi connectivity index (χ3n) is 3.17. The first-order valence-corrected chi connectivity index (χ1v) is 6.49. The number of fused-ring (bicyclic) bond motifs is 1. The molecule has 0 atom stereocenters. The predicted octanol–water partition coefficient (Wildman–Crippen LogP) is 2.04. The molecular weight excluding hydrogens is 268 g/mol. The van der Waals surface area contributed by atoms with Crippen molar-refractivity contribution in [1.29, 1.82) is 0 Å². The normalized spacial score (nSPS) is 10.7. The number of nitrogens with zero attached hydrogens (tertiary/aromatic N) is 2. The summed E-state index contributed by atoms with van der Waals surface area (Å²) in [5, 5.41) is 8.10. The van der Waals surface area contributed by atoms with Crippen LogP contribution in [0.3, 0.4) is 0 Å². The van der Waals surface area contributed by atoms with Crippen LogP contribution in [0.15, 0.2) is 41.1 Å². The van der Waals surface area contributed by atoms with Crippen LogP contribution in [0.5, 0.6) is 0 Å². The quantitative estimate of drug-likeness (QED) is 0.766. The number of nitrogen functional groups attached to an aromatic ring is 1. The summed E-state index contributed by atoms with van der Waals surface area (Å²) in [6.45, 7) is 2.10. The van der Waals surface area contributed by atoms with Gasteiger partial charge in [-0.25, -0.2) is 4.98 Å². The largest absolute Gasteiger partial charge is 0.383 e. The molecule has 6 heteroatoms. The van der Waals surface area contributed by atoms with E-state index in [1.807, 2.05) is 31.2 Å². The van der Waals surface area contributed by atoms with Crippen molar-refractivity contribution in [2.45, 2.75) is 13.5 Å². The zero-order valence-corrected chi connectivity index (χ0v) is 11.5. The Kier molecular flexibility index (Phi) is 3.27. The maximum absolute atomic E-state index is 12.3. The van der Waals surface area contributed by atoms with Crippen LogP contribution in [0, 0.1) is 6.92 Å². The van der Waals surface area contributed by atoms with Crippen molar-refractivity contribution < 1.29 is 9.32 Å². The van der Waals surface area contributed by atoms with Crippen LogP contribution in [0.1, 0.15) is 21.8 Å². The van der Waals surface area contributed by atoms with Gasteiger partial charge in [-0.2, -0.15) is 0 Å². The van der Waals surface area contributed by atoms with E-state index in [0.717, 1.165) is 16.5 Å². The second-order valence-electron chi connectivity index (χ2n) is 4.72. The molecule has 0 saturated heterocycles. The molecule has 0 aliphatic carbocycles. The summed E-state index contributed by atoms with van der Waals surface area (Å²) in [4.78, 5) is 16.4. The number of carbonyl (C=O) groups is 1. The summed E-state index contributed by atoms with van der Waals surface area (Å²) in [5.41, 5.74) is 7.09. The molecule has 0 aliphatic heterocycles.